The van der Waals surface area contributed by atoms with E-state index in [9.17, 15) is 4.79 Å². The van der Waals surface area contributed by atoms with Gasteiger partial charge in [-0.25, -0.2) is 0 Å². The Morgan fingerprint density at radius 3 is 2.07 bits per heavy atom. The van der Waals surface area contributed by atoms with Crippen LogP contribution < -0.4 is 0 Å². The summed E-state index contributed by atoms with van der Waals surface area (Å²) in [4.78, 5) is 12.6. The van der Waals surface area contributed by atoms with Crippen molar-refractivity contribution in [1.29, 1.82) is 0 Å². The molecule has 162 valence electrons. The van der Waals surface area contributed by atoms with Crippen molar-refractivity contribution in [3.8, 4) is 0 Å². The normalized spacial score (nSPS) is 33.4. The van der Waals surface area contributed by atoms with E-state index in [0.717, 1.165) is 30.6 Å². The molecule has 3 fully saturated rings. The van der Waals surface area contributed by atoms with E-state index in [4.69, 9.17) is 4.74 Å². The lowest BCUT2D eigenvalue weighted by molar-refractivity contribution is -0.154. The van der Waals surface area contributed by atoms with Gasteiger partial charge in [0.05, 0.1) is 12.5 Å². The molecule has 0 heterocycles. The lowest BCUT2D eigenvalue weighted by Gasteiger charge is -2.38. The monoisotopic (exact) mass is 390 g/mol. The van der Waals surface area contributed by atoms with Crippen molar-refractivity contribution in [3.63, 3.8) is 0 Å². The summed E-state index contributed by atoms with van der Waals surface area (Å²) in [5, 5.41) is 0. The zero-order valence-corrected chi connectivity index (χ0v) is 18.9. The molecule has 3 rings (SSSR count). The van der Waals surface area contributed by atoms with Crippen molar-refractivity contribution >= 4 is 5.97 Å². The maximum absolute atomic E-state index is 12.6. The first kappa shape index (κ1) is 22.2. The van der Waals surface area contributed by atoms with Gasteiger partial charge in [0, 0.05) is 5.41 Å². The first-order valence-corrected chi connectivity index (χ1v) is 12.8. The number of ether oxygens (including phenoxy) is 1. The van der Waals surface area contributed by atoms with Gasteiger partial charge in [0.15, 0.2) is 0 Å². The third kappa shape index (κ3) is 6.49. The van der Waals surface area contributed by atoms with Crippen molar-refractivity contribution in [2.24, 2.45) is 29.1 Å². The van der Waals surface area contributed by atoms with E-state index in [1.54, 1.807) is 0 Å². The van der Waals surface area contributed by atoms with Gasteiger partial charge >= 0.3 is 5.97 Å². The number of unbranched alkanes of at least 4 members (excludes halogenated alkanes) is 2. The molecule has 3 aliphatic rings. The van der Waals surface area contributed by atoms with Crippen LogP contribution in [0.4, 0.5) is 0 Å². The molecule has 3 saturated carbocycles. The largest absolute Gasteiger partial charge is 0.465 e. The molecule has 0 atom stereocenters. The van der Waals surface area contributed by atoms with Crippen molar-refractivity contribution in [2.75, 3.05) is 6.61 Å². The number of esters is 1. The molecule has 0 N–H and O–H groups in total. The predicted octanol–water partition coefficient (Wildman–Crippen LogP) is 7.69. The van der Waals surface area contributed by atoms with Gasteiger partial charge in [0.25, 0.3) is 0 Å². The molecule has 0 unspecified atom stereocenters. The molecule has 2 nitrogen and oxygen atoms in total. The van der Waals surface area contributed by atoms with Crippen LogP contribution in [0, 0.1) is 29.1 Å². The SMILES string of the molecule is CCCCCC1CCC(C2CCC(C(=O)OCC3(C)CCCCC3)CC2)CC1. The first-order valence-electron chi connectivity index (χ1n) is 12.8. The Labute approximate surface area is 174 Å². The van der Waals surface area contributed by atoms with Crippen molar-refractivity contribution in [2.45, 2.75) is 123 Å². The fourth-order valence-electron chi connectivity index (χ4n) is 6.37. The van der Waals surface area contributed by atoms with Crippen LogP contribution in [0.15, 0.2) is 0 Å². The molecule has 0 aromatic carbocycles. The van der Waals surface area contributed by atoms with E-state index in [0.29, 0.717) is 6.61 Å². The van der Waals surface area contributed by atoms with Crippen LogP contribution >= 0.6 is 0 Å². The van der Waals surface area contributed by atoms with Gasteiger partial charge in [-0.1, -0.05) is 71.6 Å². The molecule has 0 saturated heterocycles. The van der Waals surface area contributed by atoms with Crippen molar-refractivity contribution < 1.29 is 9.53 Å². The van der Waals surface area contributed by atoms with Crippen LogP contribution in [0.2, 0.25) is 0 Å². The van der Waals surface area contributed by atoms with E-state index in [1.165, 1.54) is 96.3 Å². The maximum atomic E-state index is 12.6. The minimum Gasteiger partial charge on any atom is -0.465 e. The standard InChI is InChI=1S/C26H46O2/c1-3-4-6-9-21-10-12-22(13-11-21)23-14-16-24(17-15-23)25(27)28-20-26(2)18-7-5-8-19-26/h21-24H,3-20H2,1-2H3. The van der Waals surface area contributed by atoms with E-state index in [1.807, 2.05) is 0 Å². The Morgan fingerprint density at radius 2 is 1.46 bits per heavy atom. The molecule has 0 spiro atoms. The van der Waals surface area contributed by atoms with Gasteiger partial charge in [-0.2, -0.15) is 0 Å². The lowest BCUT2D eigenvalue weighted by atomic mass is 9.68. The minimum absolute atomic E-state index is 0.116. The minimum atomic E-state index is 0.116. The fourth-order valence-corrected chi connectivity index (χ4v) is 6.37. The van der Waals surface area contributed by atoms with Gasteiger partial charge in [-0.3, -0.25) is 4.79 Å². The zero-order chi connectivity index (χ0) is 19.8. The van der Waals surface area contributed by atoms with Gasteiger partial charge in [-0.05, 0) is 69.1 Å². The Morgan fingerprint density at radius 1 is 0.857 bits per heavy atom. The second-order valence-electron chi connectivity index (χ2n) is 10.9. The first-order chi connectivity index (χ1) is 13.6. The van der Waals surface area contributed by atoms with Crippen LogP contribution in [0.1, 0.15) is 123 Å². The summed E-state index contributed by atoms with van der Waals surface area (Å²) in [5.41, 5.74) is 0.251. The summed E-state index contributed by atoms with van der Waals surface area (Å²) in [5.74, 6) is 3.14. The van der Waals surface area contributed by atoms with E-state index < -0.39 is 0 Å². The highest BCUT2D eigenvalue weighted by molar-refractivity contribution is 5.72. The molecule has 0 aliphatic heterocycles. The second kappa shape index (κ2) is 11.0. The predicted molar refractivity (Wildman–Crippen MR) is 117 cm³/mol. The summed E-state index contributed by atoms with van der Waals surface area (Å²) in [6, 6.07) is 0. The molecule has 0 aromatic rings. The Balaban J connectivity index is 1.32. The summed E-state index contributed by atoms with van der Waals surface area (Å²) < 4.78 is 5.83. The molecular formula is C26H46O2. The van der Waals surface area contributed by atoms with Crippen LogP contribution in [-0.2, 0) is 9.53 Å². The number of hydrogen-bond donors (Lipinski definition) is 0. The number of carbonyl (C=O) groups excluding carboxylic acids is 1. The average Bonchev–Trinajstić information content (AvgIpc) is 2.73. The van der Waals surface area contributed by atoms with Gasteiger partial charge in [0.1, 0.15) is 0 Å². The second-order valence-corrected chi connectivity index (χ2v) is 10.9. The quantitative estimate of drug-likeness (QED) is 0.313. The number of hydrogen-bond acceptors (Lipinski definition) is 2. The maximum Gasteiger partial charge on any atom is 0.308 e. The lowest BCUT2D eigenvalue weighted by Crippen LogP contribution is -2.32. The van der Waals surface area contributed by atoms with E-state index in [2.05, 4.69) is 13.8 Å². The van der Waals surface area contributed by atoms with Crippen LogP contribution in [-0.4, -0.2) is 12.6 Å². The smallest absolute Gasteiger partial charge is 0.308 e. The molecule has 0 bridgehead atoms. The number of rotatable bonds is 8. The third-order valence-electron chi connectivity index (χ3n) is 8.50. The van der Waals surface area contributed by atoms with E-state index in [-0.39, 0.29) is 17.3 Å². The molecule has 28 heavy (non-hydrogen) atoms. The summed E-state index contributed by atoms with van der Waals surface area (Å²) in [6.07, 6.45) is 22.6. The van der Waals surface area contributed by atoms with E-state index >= 15 is 0 Å². The molecular weight excluding hydrogens is 344 g/mol. The topological polar surface area (TPSA) is 26.3 Å². The molecule has 0 radical (unpaired) electrons. The van der Waals surface area contributed by atoms with Crippen LogP contribution in [0.5, 0.6) is 0 Å². The molecule has 0 aromatic heterocycles. The van der Waals surface area contributed by atoms with Crippen molar-refractivity contribution in [1.82, 2.24) is 0 Å². The highest BCUT2D eigenvalue weighted by Crippen LogP contribution is 2.43. The summed E-state index contributed by atoms with van der Waals surface area (Å²) >= 11 is 0. The molecule has 2 heteroatoms. The third-order valence-corrected chi connectivity index (χ3v) is 8.50. The Hall–Kier alpha value is -0.530. The summed E-state index contributed by atoms with van der Waals surface area (Å²) in [6.45, 7) is 5.28. The van der Waals surface area contributed by atoms with Crippen LogP contribution in [0.3, 0.4) is 0 Å². The highest BCUT2D eigenvalue weighted by Gasteiger charge is 2.34. The molecule has 0 amide bonds. The van der Waals surface area contributed by atoms with Gasteiger partial charge in [0.2, 0.25) is 0 Å². The Kier molecular flexibility index (Phi) is 8.72. The number of carbonyl (C=O) groups is 1. The van der Waals surface area contributed by atoms with Gasteiger partial charge in [-0.15, -0.1) is 0 Å². The average molecular weight is 391 g/mol. The Bertz CT molecular complexity index is 449. The van der Waals surface area contributed by atoms with Crippen molar-refractivity contribution in [3.05, 3.63) is 0 Å². The summed E-state index contributed by atoms with van der Waals surface area (Å²) in [7, 11) is 0. The zero-order valence-electron chi connectivity index (χ0n) is 18.9. The molecule has 3 aliphatic carbocycles. The van der Waals surface area contributed by atoms with Crippen LogP contribution in [0.25, 0.3) is 0 Å². The fraction of sp³-hybridized carbons (Fsp3) is 0.962. The van der Waals surface area contributed by atoms with Gasteiger partial charge < -0.3 is 4.74 Å². The highest BCUT2D eigenvalue weighted by atomic mass is 16.5.